The van der Waals surface area contributed by atoms with E-state index in [1.54, 1.807) is 0 Å². The highest BCUT2D eigenvalue weighted by atomic mass is 32.2. The first-order valence-corrected chi connectivity index (χ1v) is 8.72. The summed E-state index contributed by atoms with van der Waals surface area (Å²) in [5.41, 5.74) is 0.248. The molecule has 24 heavy (non-hydrogen) atoms. The van der Waals surface area contributed by atoms with Crippen LogP contribution in [0.5, 0.6) is 0 Å². The van der Waals surface area contributed by atoms with Gasteiger partial charge in [-0.1, -0.05) is 6.58 Å². The van der Waals surface area contributed by atoms with Crippen molar-refractivity contribution in [1.82, 2.24) is 0 Å². The van der Waals surface area contributed by atoms with Crippen LogP contribution in [0.3, 0.4) is 0 Å². The molecule has 138 valence electrons. The number of carbonyl (C=O) groups excluding carboxylic acids is 2. The van der Waals surface area contributed by atoms with Crippen LogP contribution < -0.4 is 0 Å². The van der Waals surface area contributed by atoms with Gasteiger partial charge in [0.1, 0.15) is 6.10 Å². The van der Waals surface area contributed by atoms with E-state index < -0.39 is 45.4 Å². The molecule has 0 spiro atoms. The lowest BCUT2D eigenvalue weighted by Crippen LogP contribution is -2.43. The summed E-state index contributed by atoms with van der Waals surface area (Å²) >= 11 is 0. The molecule has 1 rings (SSSR count). The molecule has 0 radical (unpaired) electrons. The Morgan fingerprint density at radius 3 is 2.17 bits per heavy atom. The smallest absolute Gasteiger partial charge is 0.405 e. The second kappa shape index (κ2) is 7.56. The first-order chi connectivity index (χ1) is 10.9. The van der Waals surface area contributed by atoms with Crippen LogP contribution in [-0.2, 0) is 29.2 Å². The number of halogens is 2. The number of alkyl halides is 2. The van der Waals surface area contributed by atoms with Gasteiger partial charge in [0, 0.05) is 5.57 Å². The standard InChI is InChI=1S/C14H20F2O7S/c1-8(2)12(17)23-11-6-4-10(5-7-11)13(18)22-9(3)14(15,16)24(19,20)21/h9-11H,1,4-7H2,2-3H3,(H,19,20,21). The quantitative estimate of drug-likeness (QED) is 0.433. The summed E-state index contributed by atoms with van der Waals surface area (Å²) in [5, 5.41) is -4.59. The molecule has 0 heterocycles. The second-order valence-corrected chi connectivity index (χ2v) is 7.27. The fourth-order valence-corrected chi connectivity index (χ4v) is 2.68. The molecule has 0 bridgehead atoms. The van der Waals surface area contributed by atoms with Gasteiger partial charge in [0.05, 0.1) is 5.92 Å². The van der Waals surface area contributed by atoms with E-state index in [0.29, 0.717) is 19.8 Å². The predicted molar refractivity (Wildman–Crippen MR) is 78.7 cm³/mol. The number of hydrogen-bond acceptors (Lipinski definition) is 6. The molecular weight excluding hydrogens is 350 g/mol. The lowest BCUT2D eigenvalue weighted by Gasteiger charge is -2.29. The molecule has 0 aliphatic heterocycles. The summed E-state index contributed by atoms with van der Waals surface area (Å²) in [6.45, 7) is 5.64. The number of ether oxygens (including phenoxy) is 2. The minimum absolute atomic E-state index is 0.247. The van der Waals surface area contributed by atoms with Crippen molar-refractivity contribution in [2.45, 2.75) is 57.0 Å². The van der Waals surface area contributed by atoms with Crippen molar-refractivity contribution >= 4 is 22.1 Å². The monoisotopic (exact) mass is 370 g/mol. The van der Waals surface area contributed by atoms with Crippen LogP contribution in [0.1, 0.15) is 39.5 Å². The van der Waals surface area contributed by atoms with E-state index in [4.69, 9.17) is 9.29 Å². The molecule has 7 nitrogen and oxygen atoms in total. The van der Waals surface area contributed by atoms with Crippen LogP contribution in [0.4, 0.5) is 8.78 Å². The van der Waals surface area contributed by atoms with E-state index in [1.807, 2.05) is 0 Å². The third-order valence-electron chi connectivity index (χ3n) is 3.74. The third kappa shape index (κ3) is 4.97. The normalized spacial score (nSPS) is 23.2. The Balaban J connectivity index is 2.55. The van der Waals surface area contributed by atoms with Gasteiger partial charge < -0.3 is 9.47 Å². The zero-order valence-electron chi connectivity index (χ0n) is 13.3. The van der Waals surface area contributed by atoms with Gasteiger partial charge in [0.25, 0.3) is 0 Å². The fourth-order valence-electron chi connectivity index (χ4n) is 2.22. The lowest BCUT2D eigenvalue weighted by molar-refractivity contribution is -0.166. The Morgan fingerprint density at radius 2 is 1.75 bits per heavy atom. The van der Waals surface area contributed by atoms with E-state index >= 15 is 0 Å². The second-order valence-electron chi connectivity index (χ2n) is 5.78. The van der Waals surface area contributed by atoms with Crippen LogP contribution in [-0.4, -0.2) is 42.4 Å². The summed E-state index contributed by atoms with van der Waals surface area (Å²) in [7, 11) is -5.68. The Morgan fingerprint density at radius 1 is 1.25 bits per heavy atom. The number of rotatable bonds is 6. The van der Waals surface area contributed by atoms with E-state index in [2.05, 4.69) is 11.3 Å². The van der Waals surface area contributed by atoms with E-state index in [1.165, 1.54) is 6.92 Å². The molecule has 0 saturated heterocycles. The molecule has 1 saturated carbocycles. The summed E-state index contributed by atoms with van der Waals surface area (Å²) in [6.07, 6.45) is -1.52. The maximum absolute atomic E-state index is 13.4. The van der Waals surface area contributed by atoms with Crippen LogP contribution >= 0.6 is 0 Å². The Kier molecular flexibility index (Phi) is 6.45. The summed E-state index contributed by atoms with van der Waals surface area (Å²) < 4.78 is 66.0. The summed E-state index contributed by atoms with van der Waals surface area (Å²) in [6, 6.07) is 0. The van der Waals surface area contributed by atoms with Gasteiger partial charge in [-0.3, -0.25) is 9.35 Å². The van der Waals surface area contributed by atoms with Crippen molar-refractivity contribution in [1.29, 1.82) is 0 Å². The van der Waals surface area contributed by atoms with E-state index in [0.717, 1.165) is 0 Å². The average molecular weight is 370 g/mol. The Labute approximate surface area is 138 Å². The van der Waals surface area contributed by atoms with Crippen molar-refractivity contribution in [3.8, 4) is 0 Å². The molecule has 10 heteroatoms. The first-order valence-electron chi connectivity index (χ1n) is 7.28. The van der Waals surface area contributed by atoms with E-state index in [9.17, 15) is 26.8 Å². The molecule has 1 unspecified atom stereocenters. The van der Waals surface area contributed by atoms with Gasteiger partial charge in [-0.15, -0.1) is 0 Å². The van der Waals surface area contributed by atoms with Gasteiger partial charge in [-0.25, -0.2) is 4.79 Å². The van der Waals surface area contributed by atoms with Crippen molar-refractivity contribution in [2.24, 2.45) is 5.92 Å². The molecule has 0 amide bonds. The van der Waals surface area contributed by atoms with Gasteiger partial charge in [0.15, 0.2) is 6.10 Å². The number of carbonyl (C=O) groups is 2. The molecule has 1 N–H and O–H groups in total. The molecular formula is C14H20F2O7S. The summed E-state index contributed by atoms with van der Waals surface area (Å²) in [4.78, 5) is 23.3. The van der Waals surface area contributed by atoms with Crippen molar-refractivity contribution in [3.63, 3.8) is 0 Å². The lowest BCUT2D eigenvalue weighted by atomic mass is 9.87. The maximum atomic E-state index is 13.4. The maximum Gasteiger partial charge on any atom is 0.405 e. The molecule has 1 aliphatic rings. The van der Waals surface area contributed by atoms with Crippen molar-refractivity contribution < 1.29 is 40.8 Å². The molecule has 1 aliphatic carbocycles. The van der Waals surface area contributed by atoms with Crippen LogP contribution in [0.15, 0.2) is 12.2 Å². The minimum Gasteiger partial charge on any atom is -0.459 e. The molecule has 0 aromatic carbocycles. The summed E-state index contributed by atoms with van der Waals surface area (Å²) in [5.74, 6) is -2.22. The van der Waals surface area contributed by atoms with Crippen molar-refractivity contribution in [2.75, 3.05) is 0 Å². The largest absolute Gasteiger partial charge is 0.459 e. The average Bonchev–Trinajstić information content (AvgIpc) is 2.46. The van der Waals surface area contributed by atoms with Crippen LogP contribution in [0.2, 0.25) is 0 Å². The number of esters is 2. The zero-order chi connectivity index (χ0) is 18.7. The zero-order valence-corrected chi connectivity index (χ0v) is 14.1. The van der Waals surface area contributed by atoms with Crippen LogP contribution in [0.25, 0.3) is 0 Å². The Bertz CT molecular complexity index is 607. The SMILES string of the molecule is C=C(C)C(=O)OC1CCC(C(=O)OC(C)C(F)(F)S(=O)(=O)O)CC1. The van der Waals surface area contributed by atoms with Crippen molar-refractivity contribution in [3.05, 3.63) is 12.2 Å². The third-order valence-corrected chi connectivity index (χ3v) is 4.76. The highest BCUT2D eigenvalue weighted by Gasteiger charge is 2.52. The van der Waals surface area contributed by atoms with Gasteiger partial charge in [0.2, 0.25) is 0 Å². The molecule has 1 atom stereocenters. The highest BCUT2D eigenvalue weighted by molar-refractivity contribution is 7.86. The molecule has 0 aromatic rings. The molecule has 0 aromatic heterocycles. The fraction of sp³-hybridized carbons (Fsp3) is 0.714. The van der Waals surface area contributed by atoms with Gasteiger partial charge >= 0.3 is 27.3 Å². The van der Waals surface area contributed by atoms with E-state index in [-0.39, 0.29) is 18.4 Å². The minimum atomic E-state index is -5.68. The topological polar surface area (TPSA) is 107 Å². The first kappa shape index (κ1) is 20.5. The predicted octanol–water partition coefficient (Wildman–Crippen LogP) is 2.08. The molecule has 1 fully saturated rings. The van der Waals surface area contributed by atoms with Gasteiger partial charge in [-0.2, -0.15) is 17.2 Å². The van der Waals surface area contributed by atoms with Crippen LogP contribution in [0, 0.1) is 5.92 Å². The number of hydrogen-bond donors (Lipinski definition) is 1. The highest BCUT2D eigenvalue weighted by Crippen LogP contribution is 2.31. The Hall–Kier alpha value is -1.55. The van der Waals surface area contributed by atoms with Gasteiger partial charge in [-0.05, 0) is 39.5 Å².